The van der Waals surface area contributed by atoms with Crippen molar-refractivity contribution in [1.29, 1.82) is 0 Å². The highest BCUT2D eigenvalue weighted by atomic mass is 35.5. The summed E-state index contributed by atoms with van der Waals surface area (Å²) in [5.74, 6) is 0.778. The number of hydroxylamine groups is 1. The Bertz CT molecular complexity index is 1810. The summed E-state index contributed by atoms with van der Waals surface area (Å²) in [5.41, 5.74) is 9.02. The van der Waals surface area contributed by atoms with Crippen LogP contribution in [0.25, 0.3) is 11.3 Å². The molecule has 0 amide bonds. The topological polar surface area (TPSA) is 137 Å². The molecule has 6 rings (SSSR count). The number of nitrogen functional groups attached to an aromatic ring is 1. The fraction of sp³-hybridized carbons (Fsp3) is 0.0714. The van der Waals surface area contributed by atoms with Gasteiger partial charge in [-0.25, -0.2) is 13.4 Å². The standard InChI is InChI=1S/C28H22ClN7O3S/c1-40(38,39)28-23-17-35(21-13-11-20(29)12-14-21)26(33-27(23)36(37,34-28)22-5-3-2-4-6-22)19-9-7-18(8-10-19)24-15-32-25(30)16-31-24/h2-16H,17H2,1H3,(H2,30,32). The third-order valence-corrected chi connectivity index (χ3v) is 7.82. The van der Waals surface area contributed by atoms with Crippen LogP contribution in [0.2, 0.25) is 5.02 Å². The average Bonchev–Trinajstić information content (AvgIpc) is 3.27. The molecule has 200 valence electrons. The van der Waals surface area contributed by atoms with Gasteiger partial charge in [-0.2, -0.15) is 4.99 Å². The lowest BCUT2D eigenvalue weighted by molar-refractivity contribution is 0.487. The van der Waals surface area contributed by atoms with E-state index in [-0.39, 0.29) is 28.7 Å². The molecule has 0 aliphatic carbocycles. The normalized spacial score (nSPS) is 18.8. The van der Waals surface area contributed by atoms with Gasteiger partial charge in [0.1, 0.15) is 11.7 Å². The van der Waals surface area contributed by atoms with Crippen molar-refractivity contribution >= 4 is 49.5 Å². The van der Waals surface area contributed by atoms with Crippen molar-refractivity contribution < 1.29 is 8.42 Å². The van der Waals surface area contributed by atoms with E-state index < -0.39 is 14.6 Å². The number of amidine groups is 1. The first kappa shape index (κ1) is 25.8. The number of para-hydroxylation sites is 1. The summed E-state index contributed by atoms with van der Waals surface area (Å²) in [6.07, 6.45) is 4.12. The smallest absolute Gasteiger partial charge is 0.270 e. The highest BCUT2D eigenvalue weighted by Gasteiger charge is 2.46. The predicted molar refractivity (Wildman–Crippen MR) is 158 cm³/mol. The molecular formula is C28H22ClN7O3S. The van der Waals surface area contributed by atoms with E-state index in [4.69, 9.17) is 22.3 Å². The van der Waals surface area contributed by atoms with Crippen LogP contribution in [0.1, 0.15) is 5.56 Å². The lowest BCUT2D eigenvalue weighted by Gasteiger charge is -2.35. The van der Waals surface area contributed by atoms with E-state index in [0.29, 0.717) is 33.6 Å². The summed E-state index contributed by atoms with van der Waals surface area (Å²) < 4.78 is 24.3. The van der Waals surface area contributed by atoms with Crippen molar-refractivity contribution in [3.63, 3.8) is 0 Å². The summed E-state index contributed by atoms with van der Waals surface area (Å²) in [7, 11) is -3.85. The number of sulfone groups is 1. The molecule has 3 heterocycles. The Morgan fingerprint density at radius 1 is 0.925 bits per heavy atom. The van der Waals surface area contributed by atoms with Crippen molar-refractivity contribution in [2.45, 2.75) is 0 Å². The van der Waals surface area contributed by atoms with Crippen LogP contribution < -0.4 is 15.4 Å². The van der Waals surface area contributed by atoms with Gasteiger partial charge in [-0.1, -0.05) is 59.2 Å². The monoisotopic (exact) mass is 571 g/mol. The number of halogens is 1. The van der Waals surface area contributed by atoms with Gasteiger partial charge in [-0.05, 0) is 24.3 Å². The molecule has 0 saturated heterocycles. The SMILES string of the molecule is CS(=O)(=O)C1=N[N+]([O-])(c2ccccc2)C2=C1CN(c1ccc(Cl)cc1)C(c1ccc(-c3cnc(N)cn3)cc1)=N2. The number of anilines is 2. The van der Waals surface area contributed by atoms with Gasteiger partial charge in [0.25, 0.3) is 5.82 Å². The zero-order chi connectivity index (χ0) is 28.1. The van der Waals surface area contributed by atoms with Crippen molar-refractivity contribution in [3.8, 4) is 11.3 Å². The number of quaternary nitrogens is 1. The van der Waals surface area contributed by atoms with Crippen molar-refractivity contribution in [2.75, 3.05) is 23.4 Å². The van der Waals surface area contributed by atoms with Crippen LogP contribution in [-0.2, 0) is 9.84 Å². The Balaban J connectivity index is 1.52. The Kier molecular flexibility index (Phi) is 6.23. The van der Waals surface area contributed by atoms with Gasteiger partial charge in [0, 0.05) is 40.2 Å². The van der Waals surface area contributed by atoms with Crippen molar-refractivity contribution in [3.05, 3.63) is 118 Å². The molecule has 0 fully saturated rings. The largest absolute Gasteiger partial charge is 0.593 e. The molecule has 12 heteroatoms. The second kappa shape index (κ2) is 9.65. The minimum Gasteiger partial charge on any atom is -0.593 e. The Morgan fingerprint density at radius 2 is 1.60 bits per heavy atom. The molecule has 10 nitrogen and oxygen atoms in total. The highest BCUT2D eigenvalue weighted by Crippen LogP contribution is 2.41. The summed E-state index contributed by atoms with van der Waals surface area (Å²) in [5, 5.41) is 18.8. The van der Waals surface area contributed by atoms with Gasteiger partial charge >= 0.3 is 0 Å². The van der Waals surface area contributed by atoms with E-state index in [1.54, 1.807) is 48.7 Å². The minimum atomic E-state index is -3.85. The van der Waals surface area contributed by atoms with Crippen LogP contribution in [0, 0.1) is 5.21 Å². The number of nitrogens with zero attached hydrogens (tertiary/aromatic N) is 6. The molecular weight excluding hydrogens is 550 g/mol. The first-order valence-electron chi connectivity index (χ1n) is 12.1. The van der Waals surface area contributed by atoms with Gasteiger partial charge in [0.15, 0.2) is 15.5 Å². The lowest BCUT2D eigenvalue weighted by Crippen LogP contribution is -2.41. The molecule has 0 radical (unpaired) electrons. The van der Waals surface area contributed by atoms with E-state index in [1.165, 1.54) is 6.20 Å². The number of rotatable bonds is 4. The molecule has 2 aliphatic rings. The van der Waals surface area contributed by atoms with Gasteiger partial charge in [-0.3, -0.25) is 4.98 Å². The van der Waals surface area contributed by atoms with Crippen molar-refractivity contribution in [2.24, 2.45) is 10.1 Å². The maximum atomic E-state index is 14.3. The van der Waals surface area contributed by atoms with E-state index in [2.05, 4.69) is 15.1 Å². The maximum Gasteiger partial charge on any atom is 0.270 e. The fourth-order valence-electron chi connectivity index (χ4n) is 4.62. The first-order valence-corrected chi connectivity index (χ1v) is 14.4. The molecule has 1 atom stereocenters. The number of hydrogen-bond donors (Lipinski definition) is 1. The van der Waals surface area contributed by atoms with Gasteiger partial charge in [0.2, 0.25) is 5.04 Å². The number of benzene rings is 3. The third-order valence-electron chi connectivity index (χ3n) is 6.54. The summed E-state index contributed by atoms with van der Waals surface area (Å²) in [4.78, 5) is 15.1. The molecule has 0 bridgehead atoms. The quantitative estimate of drug-likeness (QED) is 0.276. The Hall–Kier alpha value is -4.42. The summed E-state index contributed by atoms with van der Waals surface area (Å²) in [6.45, 7) is 0.0575. The fourth-order valence-corrected chi connectivity index (χ4v) is 5.61. The molecule has 2 N–H and O–H groups in total. The molecule has 1 aromatic heterocycles. The molecule has 1 unspecified atom stereocenters. The van der Waals surface area contributed by atoms with E-state index >= 15 is 0 Å². The zero-order valence-corrected chi connectivity index (χ0v) is 22.7. The van der Waals surface area contributed by atoms with Crippen LogP contribution in [-0.4, -0.2) is 42.1 Å². The molecule has 0 saturated carbocycles. The lowest BCUT2D eigenvalue weighted by atomic mass is 10.1. The molecule has 3 aromatic carbocycles. The van der Waals surface area contributed by atoms with Gasteiger partial charge in [-0.15, -0.1) is 4.76 Å². The molecule has 2 aliphatic heterocycles. The maximum absolute atomic E-state index is 14.3. The van der Waals surface area contributed by atoms with Gasteiger partial charge < -0.3 is 15.8 Å². The Labute approximate surface area is 235 Å². The van der Waals surface area contributed by atoms with Crippen LogP contribution >= 0.6 is 11.6 Å². The third kappa shape index (κ3) is 4.54. The van der Waals surface area contributed by atoms with Crippen LogP contribution in [0.3, 0.4) is 0 Å². The number of nitrogens with two attached hydrogens (primary N) is 1. The molecule has 4 aromatic rings. The highest BCUT2D eigenvalue weighted by molar-refractivity contribution is 8.06. The van der Waals surface area contributed by atoms with Crippen LogP contribution in [0.5, 0.6) is 0 Å². The molecule has 0 spiro atoms. The summed E-state index contributed by atoms with van der Waals surface area (Å²) >= 11 is 6.15. The van der Waals surface area contributed by atoms with Crippen LogP contribution in [0.4, 0.5) is 17.2 Å². The first-order chi connectivity index (χ1) is 19.1. The number of aromatic nitrogens is 2. The van der Waals surface area contributed by atoms with E-state index in [9.17, 15) is 13.6 Å². The van der Waals surface area contributed by atoms with E-state index in [1.807, 2.05) is 41.3 Å². The van der Waals surface area contributed by atoms with Crippen molar-refractivity contribution in [1.82, 2.24) is 14.7 Å². The second-order valence-electron chi connectivity index (χ2n) is 9.29. The van der Waals surface area contributed by atoms with E-state index in [0.717, 1.165) is 11.8 Å². The minimum absolute atomic E-state index is 0.000293. The van der Waals surface area contributed by atoms with Crippen LogP contribution in [0.15, 0.2) is 113 Å². The predicted octanol–water partition coefficient (Wildman–Crippen LogP) is 4.73. The van der Waals surface area contributed by atoms with Gasteiger partial charge in [0.05, 0.1) is 30.2 Å². The second-order valence-corrected chi connectivity index (χ2v) is 11.7. The average molecular weight is 572 g/mol. The zero-order valence-electron chi connectivity index (χ0n) is 21.1. The number of hydrogen-bond acceptors (Lipinski definition) is 9. The summed E-state index contributed by atoms with van der Waals surface area (Å²) in [6, 6.07) is 22.9. The molecule has 40 heavy (non-hydrogen) atoms. The Morgan fingerprint density at radius 3 is 2.23 bits per heavy atom. The number of aliphatic imine (C=N–C) groups is 1.